The topological polar surface area (TPSA) is 50.1 Å². The maximum absolute atomic E-state index is 11.1. The SMILES string of the molecule is COC(=O)C=Cc1cc2ccccc2cc1C#N. The number of esters is 1. The van der Waals surface area contributed by atoms with Crippen molar-refractivity contribution in [1.82, 2.24) is 0 Å². The Morgan fingerprint density at radius 2 is 1.94 bits per heavy atom. The van der Waals surface area contributed by atoms with Crippen LogP contribution in [0.1, 0.15) is 11.1 Å². The van der Waals surface area contributed by atoms with Crippen LogP contribution in [0.3, 0.4) is 0 Å². The number of hydrogen-bond donors (Lipinski definition) is 0. The van der Waals surface area contributed by atoms with Crippen LogP contribution in [0.5, 0.6) is 0 Å². The van der Waals surface area contributed by atoms with E-state index in [1.54, 1.807) is 6.08 Å². The second-order valence-corrected chi connectivity index (χ2v) is 3.75. The van der Waals surface area contributed by atoms with E-state index >= 15 is 0 Å². The molecule has 0 aromatic heterocycles. The fourth-order valence-electron chi connectivity index (χ4n) is 1.72. The number of rotatable bonds is 2. The Labute approximate surface area is 105 Å². The highest BCUT2D eigenvalue weighted by atomic mass is 16.5. The lowest BCUT2D eigenvalue weighted by molar-refractivity contribution is -0.134. The van der Waals surface area contributed by atoms with Gasteiger partial charge in [0.25, 0.3) is 0 Å². The van der Waals surface area contributed by atoms with Crippen molar-refractivity contribution >= 4 is 22.8 Å². The standard InChI is InChI=1S/C15H11NO2/c1-18-15(17)7-6-13-8-11-4-2-3-5-12(11)9-14(13)10-16/h2-9H,1H3. The maximum atomic E-state index is 11.1. The van der Waals surface area contributed by atoms with Crippen molar-refractivity contribution in [2.75, 3.05) is 7.11 Å². The first-order valence-electron chi connectivity index (χ1n) is 5.43. The third-order valence-electron chi connectivity index (χ3n) is 2.64. The molecule has 0 aliphatic rings. The Bertz CT molecular complexity index is 666. The van der Waals surface area contributed by atoms with Crippen LogP contribution in [0.2, 0.25) is 0 Å². The second kappa shape index (κ2) is 5.15. The molecule has 3 heteroatoms. The van der Waals surface area contributed by atoms with Gasteiger partial charge in [-0.1, -0.05) is 24.3 Å². The summed E-state index contributed by atoms with van der Waals surface area (Å²) in [5.74, 6) is -0.438. The summed E-state index contributed by atoms with van der Waals surface area (Å²) in [5.41, 5.74) is 1.25. The quantitative estimate of drug-likeness (QED) is 0.596. The summed E-state index contributed by atoms with van der Waals surface area (Å²) in [5, 5.41) is 11.1. The minimum Gasteiger partial charge on any atom is -0.466 e. The van der Waals surface area contributed by atoms with Crippen molar-refractivity contribution in [3.8, 4) is 6.07 Å². The Balaban J connectivity index is 2.52. The number of nitriles is 1. The predicted octanol–water partition coefficient (Wildman–Crippen LogP) is 2.90. The number of benzene rings is 2. The summed E-state index contributed by atoms with van der Waals surface area (Å²) in [6.07, 6.45) is 2.90. The highest BCUT2D eigenvalue weighted by molar-refractivity contribution is 5.91. The summed E-state index contributed by atoms with van der Waals surface area (Å²) in [4.78, 5) is 11.1. The zero-order chi connectivity index (χ0) is 13.0. The number of methoxy groups -OCH3 is 1. The molecule has 0 aliphatic heterocycles. The van der Waals surface area contributed by atoms with Gasteiger partial charge >= 0.3 is 5.97 Å². The smallest absolute Gasteiger partial charge is 0.330 e. The van der Waals surface area contributed by atoms with Crippen LogP contribution < -0.4 is 0 Å². The van der Waals surface area contributed by atoms with E-state index in [9.17, 15) is 4.79 Å². The van der Waals surface area contributed by atoms with Gasteiger partial charge in [-0.2, -0.15) is 5.26 Å². The zero-order valence-corrected chi connectivity index (χ0v) is 9.88. The monoisotopic (exact) mass is 237 g/mol. The average Bonchev–Trinajstić information content (AvgIpc) is 2.43. The number of ether oxygens (including phenoxy) is 1. The van der Waals surface area contributed by atoms with Gasteiger partial charge in [-0.25, -0.2) is 4.79 Å². The van der Waals surface area contributed by atoms with Gasteiger partial charge in [0, 0.05) is 6.08 Å². The van der Waals surface area contributed by atoms with Crippen LogP contribution in [0.4, 0.5) is 0 Å². The van der Waals surface area contributed by atoms with Gasteiger partial charge in [0.05, 0.1) is 18.7 Å². The molecule has 0 radical (unpaired) electrons. The van der Waals surface area contributed by atoms with Gasteiger partial charge in [-0.3, -0.25) is 0 Å². The molecule has 0 amide bonds. The van der Waals surface area contributed by atoms with Crippen molar-refractivity contribution in [3.05, 3.63) is 53.6 Å². The fourth-order valence-corrected chi connectivity index (χ4v) is 1.72. The van der Waals surface area contributed by atoms with Crippen LogP contribution in [0.25, 0.3) is 16.8 Å². The lowest BCUT2D eigenvalue weighted by atomic mass is 10.0. The minimum absolute atomic E-state index is 0.438. The molecule has 88 valence electrons. The Morgan fingerprint density at radius 1 is 1.28 bits per heavy atom. The second-order valence-electron chi connectivity index (χ2n) is 3.75. The van der Waals surface area contributed by atoms with Gasteiger partial charge in [-0.15, -0.1) is 0 Å². The summed E-state index contributed by atoms with van der Waals surface area (Å²) >= 11 is 0. The van der Waals surface area contributed by atoms with E-state index in [4.69, 9.17) is 5.26 Å². The van der Waals surface area contributed by atoms with Crippen molar-refractivity contribution in [2.24, 2.45) is 0 Å². The first-order valence-corrected chi connectivity index (χ1v) is 5.43. The Morgan fingerprint density at radius 3 is 2.56 bits per heavy atom. The number of carbonyl (C=O) groups excluding carboxylic acids is 1. The van der Waals surface area contributed by atoms with E-state index in [1.807, 2.05) is 36.4 Å². The molecule has 0 aliphatic carbocycles. The number of nitrogens with zero attached hydrogens (tertiary/aromatic N) is 1. The normalized spacial score (nSPS) is 10.4. The molecular weight excluding hydrogens is 226 g/mol. The van der Waals surface area contributed by atoms with Crippen LogP contribution >= 0.6 is 0 Å². The maximum Gasteiger partial charge on any atom is 0.330 e. The number of hydrogen-bond acceptors (Lipinski definition) is 3. The molecule has 0 spiro atoms. The summed E-state index contributed by atoms with van der Waals surface area (Å²) in [7, 11) is 1.32. The Hall–Kier alpha value is -2.60. The van der Waals surface area contributed by atoms with Gasteiger partial charge in [0.1, 0.15) is 0 Å². The van der Waals surface area contributed by atoms with Crippen molar-refractivity contribution in [1.29, 1.82) is 5.26 Å². The molecule has 0 atom stereocenters. The molecular formula is C15H11NO2. The van der Waals surface area contributed by atoms with Crippen molar-refractivity contribution < 1.29 is 9.53 Å². The molecule has 0 saturated carbocycles. The van der Waals surface area contributed by atoms with Gasteiger partial charge < -0.3 is 4.74 Å². The van der Waals surface area contributed by atoms with E-state index in [1.165, 1.54) is 13.2 Å². The molecule has 2 aromatic rings. The molecule has 0 N–H and O–H groups in total. The van der Waals surface area contributed by atoms with E-state index in [0.717, 1.165) is 10.8 Å². The lowest BCUT2D eigenvalue weighted by Gasteiger charge is -2.02. The first kappa shape index (κ1) is 11.9. The molecule has 2 aromatic carbocycles. The van der Waals surface area contributed by atoms with E-state index in [-0.39, 0.29) is 0 Å². The molecule has 3 nitrogen and oxygen atoms in total. The predicted molar refractivity (Wildman–Crippen MR) is 69.7 cm³/mol. The largest absolute Gasteiger partial charge is 0.466 e. The number of fused-ring (bicyclic) bond motifs is 1. The third kappa shape index (κ3) is 2.38. The summed E-state index contributed by atoms with van der Waals surface area (Å²) in [6.45, 7) is 0. The highest BCUT2D eigenvalue weighted by Gasteiger charge is 2.02. The molecule has 0 fully saturated rings. The molecule has 2 rings (SSSR count). The lowest BCUT2D eigenvalue weighted by Crippen LogP contribution is -1.93. The van der Waals surface area contributed by atoms with E-state index in [0.29, 0.717) is 11.1 Å². The molecule has 0 saturated heterocycles. The molecule has 0 heterocycles. The molecule has 0 unspecified atom stereocenters. The van der Waals surface area contributed by atoms with Gasteiger partial charge in [0.15, 0.2) is 0 Å². The minimum atomic E-state index is -0.438. The zero-order valence-electron chi connectivity index (χ0n) is 9.88. The average molecular weight is 237 g/mol. The van der Waals surface area contributed by atoms with Crippen LogP contribution in [-0.4, -0.2) is 13.1 Å². The molecule has 18 heavy (non-hydrogen) atoms. The van der Waals surface area contributed by atoms with Crippen molar-refractivity contribution in [3.63, 3.8) is 0 Å². The van der Waals surface area contributed by atoms with Crippen LogP contribution in [0, 0.1) is 11.3 Å². The summed E-state index contributed by atoms with van der Waals surface area (Å²) in [6, 6.07) is 13.6. The van der Waals surface area contributed by atoms with Gasteiger partial charge in [0.2, 0.25) is 0 Å². The van der Waals surface area contributed by atoms with Crippen LogP contribution in [0.15, 0.2) is 42.5 Å². The van der Waals surface area contributed by atoms with Gasteiger partial charge in [-0.05, 0) is 34.5 Å². The highest BCUT2D eigenvalue weighted by Crippen LogP contribution is 2.20. The first-order chi connectivity index (χ1) is 8.74. The van der Waals surface area contributed by atoms with E-state index < -0.39 is 5.97 Å². The summed E-state index contributed by atoms with van der Waals surface area (Å²) < 4.78 is 4.52. The third-order valence-corrected chi connectivity index (χ3v) is 2.64. The number of carbonyl (C=O) groups is 1. The van der Waals surface area contributed by atoms with Crippen LogP contribution in [-0.2, 0) is 9.53 Å². The van der Waals surface area contributed by atoms with E-state index in [2.05, 4.69) is 10.8 Å². The molecule has 0 bridgehead atoms. The van der Waals surface area contributed by atoms with Crippen molar-refractivity contribution in [2.45, 2.75) is 0 Å². The fraction of sp³-hybridized carbons (Fsp3) is 0.0667. The Kier molecular flexibility index (Phi) is 3.40.